The molecule has 0 aliphatic rings. The van der Waals surface area contributed by atoms with Crippen molar-refractivity contribution in [1.82, 2.24) is 0 Å². The van der Waals surface area contributed by atoms with Crippen molar-refractivity contribution in [2.24, 2.45) is 0 Å². The van der Waals surface area contributed by atoms with Gasteiger partial charge in [-0.05, 0) is 0 Å². The van der Waals surface area contributed by atoms with Crippen molar-refractivity contribution in [3.05, 3.63) is 0 Å². The van der Waals surface area contributed by atoms with Crippen molar-refractivity contribution in [2.75, 3.05) is 0 Å². The fraction of sp³-hybridized carbons (Fsp3) is 0. The predicted molar refractivity (Wildman–Crippen MR) is 16.0 cm³/mol. The fourth-order valence-electron chi connectivity index (χ4n) is 0. The van der Waals surface area contributed by atoms with Crippen LogP contribution in [0.5, 0.6) is 0 Å². The molecule has 0 bridgehead atoms. The number of hydrogen-bond acceptors (Lipinski definition) is 1. The topological polar surface area (TPSA) is 48.6 Å². The molecule has 0 rings (SSSR count). The summed E-state index contributed by atoms with van der Waals surface area (Å²) in [5.74, 6) is 0. The molecule has 0 atom stereocenters. The van der Waals surface area contributed by atoms with Crippen LogP contribution in [0.1, 0.15) is 0 Å². The Labute approximate surface area is 41.9 Å². The summed E-state index contributed by atoms with van der Waals surface area (Å²) in [6.07, 6.45) is 0. The van der Waals surface area contributed by atoms with Crippen molar-refractivity contribution in [3.63, 3.8) is 0 Å². The molecule has 5 heavy (non-hydrogen) atoms. The summed E-state index contributed by atoms with van der Waals surface area (Å²) in [4.78, 5) is 0. The molecule has 0 aromatic carbocycles. The van der Waals surface area contributed by atoms with Crippen LogP contribution in [-0.4, -0.2) is 5.48 Å². The van der Waals surface area contributed by atoms with E-state index in [1.165, 1.54) is 0 Å². The standard InChI is InChI=1S/2ClH.Cu.H2O.O/h2*1H;;1H2;/q;;+2;;/p-2. The van der Waals surface area contributed by atoms with Gasteiger partial charge in [0.05, 0.1) is 0 Å². The average Bonchev–Trinajstić information content (AvgIpc) is 0.811. The second kappa shape index (κ2) is 4.86. The molecular weight excluding hydrogens is 166 g/mol. The van der Waals surface area contributed by atoms with E-state index < -0.39 is 12.0 Å². The summed E-state index contributed by atoms with van der Waals surface area (Å²) >= 11 is -1.62. The first-order chi connectivity index (χ1) is 1.73. The minimum atomic E-state index is -1.62. The molecule has 0 aromatic rings. The van der Waals surface area contributed by atoms with Crippen LogP contribution in [0.3, 0.4) is 0 Å². The molecule has 0 aliphatic heterocycles. The van der Waals surface area contributed by atoms with Gasteiger partial charge in [0.25, 0.3) is 0 Å². The van der Waals surface area contributed by atoms with Crippen molar-refractivity contribution in [2.45, 2.75) is 0 Å². The molecule has 0 fully saturated rings. The van der Waals surface area contributed by atoms with E-state index in [0.717, 1.165) is 0 Å². The monoisotopic (exact) mass is 167 g/mol. The molecule has 0 saturated heterocycles. The predicted octanol–water partition coefficient (Wildman–Crippen LogP) is 0.433. The number of halogens is 2. The van der Waals surface area contributed by atoms with Gasteiger partial charge in [-0.3, -0.25) is 0 Å². The summed E-state index contributed by atoms with van der Waals surface area (Å²) in [6, 6.07) is 0. The van der Waals surface area contributed by atoms with E-state index in [0.29, 0.717) is 0 Å². The molecule has 0 radical (unpaired) electrons. The van der Waals surface area contributed by atoms with E-state index in [9.17, 15) is 0 Å². The molecule has 2 N–H and O–H groups in total. The van der Waals surface area contributed by atoms with Crippen LogP contribution in [0.2, 0.25) is 0 Å². The molecule has 0 saturated carbocycles. The van der Waals surface area contributed by atoms with Crippen LogP contribution < -0.4 is 0 Å². The Balaban J connectivity index is 0. The molecule has 0 aliphatic carbocycles. The molecule has 0 spiro atoms. The van der Waals surface area contributed by atoms with Gasteiger partial charge in [-0.25, -0.2) is 0 Å². The van der Waals surface area contributed by atoms with Crippen LogP contribution >= 0.6 is 20.2 Å². The summed E-state index contributed by atoms with van der Waals surface area (Å²) < 4.78 is 9.08. The van der Waals surface area contributed by atoms with Crippen LogP contribution in [0.4, 0.5) is 0 Å². The van der Waals surface area contributed by atoms with Crippen molar-refractivity contribution < 1.29 is 21.3 Å². The first-order valence-electron chi connectivity index (χ1n) is 0.351. The third-order valence-corrected chi connectivity index (χ3v) is 0. The SMILES string of the molecule is O.[O]=[Cu]([Cl])[Cl]. The van der Waals surface area contributed by atoms with Gasteiger partial charge in [-0.15, -0.1) is 0 Å². The molecule has 2 nitrogen and oxygen atoms in total. The molecule has 39 valence electrons. The van der Waals surface area contributed by atoms with E-state index in [1.807, 2.05) is 0 Å². The van der Waals surface area contributed by atoms with Gasteiger partial charge in [0.2, 0.25) is 0 Å². The Kier molecular flexibility index (Phi) is 9.03. The van der Waals surface area contributed by atoms with E-state index >= 15 is 0 Å². The fourth-order valence-corrected chi connectivity index (χ4v) is 0. The van der Waals surface area contributed by atoms with Gasteiger partial charge in [-0.2, -0.15) is 0 Å². The minimum absolute atomic E-state index is 0. The summed E-state index contributed by atoms with van der Waals surface area (Å²) in [6.45, 7) is 0. The second-order valence-corrected chi connectivity index (χ2v) is 2.75. The van der Waals surface area contributed by atoms with Crippen LogP contribution in [0.25, 0.3) is 0 Å². The molecule has 0 unspecified atom stereocenters. The molecule has 5 heteroatoms. The van der Waals surface area contributed by atoms with Gasteiger partial charge in [0.1, 0.15) is 0 Å². The molecule has 0 heterocycles. The summed E-state index contributed by atoms with van der Waals surface area (Å²) in [7, 11) is 9.01. The third kappa shape index (κ3) is 53.8. The van der Waals surface area contributed by atoms with Crippen molar-refractivity contribution in [1.29, 1.82) is 0 Å². The first kappa shape index (κ1) is 9.29. The van der Waals surface area contributed by atoms with E-state index in [4.69, 9.17) is 3.83 Å². The summed E-state index contributed by atoms with van der Waals surface area (Å²) in [5.41, 5.74) is 0. The maximum atomic E-state index is 9.08. The zero-order valence-corrected chi connectivity index (χ0v) is 4.42. The Morgan fingerprint density at radius 2 is 1.40 bits per heavy atom. The van der Waals surface area contributed by atoms with Gasteiger partial charge in [-0.1, -0.05) is 0 Å². The first-order valence-corrected chi connectivity index (χ1v) is 3.33. The Morgan fingerprint density at radius 3 is 1.40 bits per heavy atom. The zero-order valence-electron chi connectivity index (χ0n) is 1.97. The molecular formula is H2Cl2CuO2. The Bertz CT molecular complexity index is 30.6. The average molecular weight is 168 g/mol. The Hall–Kier alpha value is 0.859. The van der Waals surface area contributed by atoms with Crippen molar-refractivity contribution in [3.8, 4) is 0 Å². The van der Waals surface area contributed by atoms with Crippen LogP contribution in [0.15, 0.2) is 0 Å². The van der Waals surface area contributed by atoms with E-state index in [2.05, 4.69) is 20.2 Å². The Morgan fingerprint density at radius 1 is 1.40 bits per heavy atom. The molecule has 0 amide bonds. The van der Waals surface area contributed by atoms with Crippen LogP contribution in [-0.2, 0) is 15.8 Å². The maximum absolute atomic E-state index is 9.08. The van der Waals surface area contributed by atoms with E-state index in [1.54, 1.807) is 0 Å². The number of hydrogen-bond donors (Lipinski definition) is 0. The van der Waals surface area contributed by atoms with Crippen LogP contribution in [0, 0.1) is 0 Å². The van der Waals surface area contributed by atoms with E-state index in [-0.39, 0.29) is 5.48 Å². The molecule has 0 aromatic heterocycles. The third-order valence-electron chi connectivity index (χ3n) is 0. The van der Waals surface area contributed by atoms with Gasteiger partial charge >= 0.3 is 36.0 Å². The second-order valence-electron chi connectivity index (χ2n) is 0.136. The van der Waals surface area contributed by atoms with Gasteiger partial charge < -0.3 is 5.48 Å². The van der Waals surface area contributed by atoms with Crippen molar-refractivity contribution >= 4 is 20.2 Å². The number of rotatable bonds is 0. The quantitative estimate of drug-likeness (QED) is 0.484. The zero-order chi connectivity index (χ0) is 3.58. The van der Waals surface area contributed by atoms with Gasteiger partial charge in [0.15, 0.2) is 0 Å². The normalized spacial score (nSPS) is 8.80. The van der Waals surface area contributed by atoms with Gasteiger partial charge in [0, 0.05) is 0 Å². The summed E-state index contributed by atoms with van der Waals surface area (Å²) in [5, 5.41) is 0.